The third-order valence-electron chi connectivity index (χ3n) is 3.04. The SMILES string of the molecule is COc1ccccc1OC(=O)c1cccc(S(=O)(=O)NC(C)C)c1. The fraction of sp³-hybridized carbons (Fsp3) is 0.235. The van der Waals surface area contributed by atoms with E-state index in [0.717, 1.165) is 0 Å². The van der Waals surface area contributed by atoms with E-state index < -0.39 is 16.0 Å². The average molecular weight is 349 g/mol. The maximum Gasteiger partial charge on any atom is 0.343 e. The first-order chi connectivity index (χ1) is 11.3. The highest BCUT2D eigenvalue weighted by atomic mass is 32.2. The van der Waals surface area contributed by atoms with Crippen molar-refractivity contribution >= 4 is 16.0 Å². The molecule has 0 saturated heterocycles. The summed E-state index contributed by atoms with van der Waals surface area (Å²) in [7, 11) is -2.21. The standard InChI is InChI=1S/C17H19NO5S/c1-12(2)18-24(20,21)14-8-6-7-13(11-14)17(19)23-16-10-5-4-9-15(16)22-3/h4-12,18H,1-3H3. The van der Waals surface area contributed by atoms with Gasteiger partial charge in [-0.1, -0.05) is 18.2 Å². The number of hydrogen-bond donors (Lipinski definition) is 1. The minimum Gasteiger partial charge on any atom is -0.493 e. The van der Waals surface area contributed by atoms with Crippen LogP contribution in [-0.4, -0.2) is 27.5 Å². The highest BCUT2D eigenvalue weighted by Gasteiger charge is 2.18. The summed E-state index contributed by atoms with van der Waals surface area (Å²) >= 11 is 0. The van der Waals surface area contributed by atoms with Gasteiger partial charge in [-0.3, -0.25) is 0 Å². The van der Waals surface area contributed by atoms with E-state index in [-0.39, 0.29) is 22.3 Å². The maximum atomic E-state index is 12.3. The molecule has 0 aliphatic heterocycles. The Hall–Kier alpha value is -2.38. The lowest BCUT2D eigenvalue weighted by atomic mass is 10.2. The monoisotopic (exact) mass is 349 g/mol. The normalized spacial score (nSPS) is 11.3. The topological polar surface area (TPSA) is 81.7 Å². The van der Waals surface area contributed by atoms with Crippen molar-refractivity contribution in [2.24, 2.45) is 0 Å². The predicted octanol–water partition coefficient (Wildman–Crippen LogP) is 2.60. The van der Waals surface area contributed by atoms with E-state index in [0.29, 0.717) is 5.75 Å². The number of ether oxygens (including phenoxy) is 2. The van der Waals surface area contributed by atoms with Crippen molar-refractivity contribution in [1.29, 1.82) is 0 Å². The van der Waals surface area contributed by atoms with E-state index in [1.165, 1.54) is 31.4 Å². The van der Waals surface area contributed by atoms with E-state index in [2.05, 4.69) is 4.72 Å². The molecule has 24 heavy (non-hydrogen) atoms. The zero-order valence-corrected chi connectivity index (χ0v) is 14.5. The number of rotatable bonds is 6. The van der Waals surface area contributed by atoms with Crippen LogP contribution in [0.25, 0.3) is 0 Å². The van der Waals surface area contributed by atoms with Gasteiger partial charge in [-0.2, -0.15) is 0 Å². The van der Waals surface area contributed by atoms with Crippen molar-refractivity contribution in [3.63, 3.8) is 0 Å². The van der Waals surface area contributed by atoms with Crippen LogP contribution in [0.15, 0.2) is 53.4 Å². The lowest BCUT2D eigenvalue weighted by Crippen LogP contribution is -2.30. The van der Waals surface area contributed by atoms with Crippen LogP contribution in [0.5, 0.6) is 11.5 Å². The van der Waals surface area contributed by atoms with Gasteiger partial charge in [0.25, 0.3) is 0 Å². The molecular weight excluding hydrogens is 330 g/mol. The quantitative estimate of drug-likeness (QED) is 0.640. The number of esters is 1. The van der Waals surface area contributed by atoms with Gasteiger partial charge >= 0.3 is 5.97 Å². The van der Waals surface area contributed by atoms with Crippen LogP contribution >= 0.6 is 0 Å². The molecule has 0 aliphatic carbocycles. The first kappa shape index (κ1) is 18.0. The number of carbonyl (C=O) groups excluding carboxylic acids is 1. The van der Waals surface area contributed by atoms with Crippen LogP contribution in [0.3, 0.4) is 0 Å². The van der Waals surface area contributed by atoms with Crippen LogP contribution in [0, 0.1) is 0 Å². The molecule has 0 aliphatic rings. The van der Waals surface area contributed by atoms with E-state index in [9.17, 15) is 13.2 Å². The molecule has 2 rings (SSSR count). The van der Waals surface area contributed by atoms with Crippen molar-refractivity contribution in [1.82, 2.24) is 4.72 Å². The molecule has 128 valence electrons. The van der Waals surface area contributed by atoms with E-state index >= 15 is 0 Å². The molecule has 6 nitrogen and oxygen atoms in total. The Morgan fingerprint density at radius 1 is 1.04 bits per heavy atom. The van der Waals surface area contributed by atoms with Gasteiger partial charge in [0.1, 0.15) is 0 Å². The van der Waals surface area contributed by atoms with Crippen molar-refractivity contribution in [3.05, 3.63) is 54.1 Å². The van der Waals surface area contributed by atoms with Crippen molar-refractivity contribution in [2.45, 2.75) is 24.8 Å². The molecule has 0 unspecified atom stereocenters. The molecule has 0 amide bonds. The molecule has 7 heteroatoms. The second-order valence-corrected chi connectivity index (χ2v) is 7.06. The van der Waals surface area contributed by atoms with E-state index in [1.54, 1.807) is 38.1 Å². The van der Waals surface area contributed by atoms with Crippen LogP contribution in [0.4, 0.5) is 0 Å². The van der Waals surface area contributed by atoms with Gasteiger partial charge in [-0.15, -0.1) is 0 Å². The zero-order valence-electron chi connectivity index (χ0n) is 13.6. The summed E-state index contributed by atoms with van der Waals surface area (Å²) in [5.74, 6) is 0.00997. The number of methoxy groups -OCH3 is 1. The number of hydrogen-bond acceptors (Lipinski definition) is 5. The van der Waals surface area contributed by atoms with Gasteiger partial charge in [0.15, 0.2) is 11.5 Å². The summed E-state index contributed by atoms with van der Waals surface area (Å²) in [5, 5.41) is 0. The number of carbonyl (C=O) groups is 1. The molecular formula is C17H19NO5S. The van der Waals surface area contributed by atoms with Crippen LogP contribution in [0.1, 0.15) is 24.2 Å². The summed E-state index contributed by atoms with van der Waals surface area (Å²) in [6.45, 7) is 3.44. The highest BCUT2D eigenvalue weighted by Crippen LogP contribution is 2.26. The molecule has 0 saturated carbocycles. The van der Waals surface area contributed by atoms with Crippen LogP contribution in [-0.2, 0) is 10.0 Å². The second-order valence-electron chi connectivity index (χ2n) is 5.34. The number of para-hydroxylation sites is 2. The molecule has 0 spiro atoms. The fourth-order valence-corrected chi connectivity index (χ4v) is 3.33. The molecule has 2 aromatic carbocycles. The first-order valence-electron chi connectivity index (χ1n) is 7.31. The average Bonchev–Trinajstić information content (AvgIpc) is 2.54. The molecule has 2 aromatic rings. The zero-order chi connectivity index (χ0) is 17.7. The largest absolute Gasteiger partial charge is 0.493 e. The highest BCUT2D eigenvalue weighted by molar-refractivity contribution is 7.89. The lowest BCUT2D eigenvalue weighted by Gasteiger charge is -2.11. The maximum absolute atomic E-state index is 12.3. The Morgan fingerprint density at radius 2 is 1.71 bits per heavy atom. The van der Waals surface area contributed by atoms with Gasteiger partial charge < -0.3 is 9.47 Å². The molecule has 0 fully saturated rings. The first-order valence-corrected chi connectivity index (χ1v) is 8.79. The lowest BCUT2D eigenvalue weighted by molar-refractivity contribution is 0.0729. The predicted molar refractivity (Wildman–Crippen MR) is 89.9 cm³/mol. The summed E-state index contributed by atoms with van der Waals surface area (Å²) in [4.78, 5) is 12.3. The summed E-state index contributed by atoms with van der Waals surface area (Å²) in [6.07, 6.45) is 0. The minimum absolute atomic E-state index is 0.00526. The number of benzene rings is 2. The Morgan fingerprint density at radius 3 is 2.33 bits per heavy atom. The van der Waals surface area contributed by atoms with Gasteiger partial charge in [-0.05, 0) is 44.2 Å². The molecule has 0 bridgehead atoms. The Bertz CT molecular complexity index is 830. The summed E-state index contributed by atoms with van der Waals surface area (Å²) in [5.41, 5.74) is 0.132. The van der Waals surface area contributed by atoms with Crippen molar-refractivity contribution < 1.29 is 22.7 Å². The fourth-order valence-electron chi connectivity index (χ4n) is 2.03. The molecule has 0 atom stereocenters. The van der Waals surface area contributed by atoms with Gasteiger partial charge in [0.05, 0.1) is 17.6 Å². The third-order valence-corrected chi connectivity index (χ3v) is 4.70. The smallest absolute Gasteiger partial charge is 0.343 e. The summed E-state index contributed by atoms with van der Waals surface area (Å²) < 4.78 is 37.3. The molecule has 0 heterocycles. The van der Waals surface area contributed by atoms with Crippen molar-refractivity contribution in [3.8, 4) is 11.5 Å². The Kier molecular flexibility index (Phi) is 5.58. The molecule has 0 aromatic heterocycles. The summed E-state index contributed by atoms with van der Waals surface area (Å²) in [6, 6.07) is 12.2. The number of sulfonamides is 1. The van der Waals surface area contributed by atoms with E-state index in [4.69, 9.17) is 9.47 Å². The van der Waals surface area contributed by atoms with Gasteiger partial charge in [-0.25, -0.2) is 17.9 Å². The Labute approximate surface area is 141 Å². The third kappa shape index (κ3) is 4.33. The van der Waals surface area contributed by atoms with Crippen LogP contribution < -0.4 is 14.2 Å². The Balaban J connectivity index is 2.27. The van der Waals surface area contributed by atoms with Gasteiger partial charge in [0.2, 0.25) is 10.0 Å². The van der Waals surface area contributed by atoms with Crippen LogP contribution in [0.2, 0.25) is 0 Å². The number of nitrogens with one attached hydrogen (secondary N) is 1. The molecule has 0 radical (unpaired) electrons. The molecule has 1 N–H and O–H groups in total. The van der Waals surface area contributed by atoms with Crippen molar-refractivity contribution in [2.75, 3.05) is 7.11 Å². The van der Waals surface area contributed by atoms with E-state index in [1.807, 2.05) is 0 Å². The minimum atomic E-state index is -3.68. The van der Waals surface area contributed by atoms with Gasteiger partial charge in [0, 0.05) is 6.04 Å². The second kappa shape index (κ2) is 7.46.